The van der Waals surface area contributed by atoms with Crippen molar-refractivity contribution in [2.45, 2.75) is 31.4 Å². The molecular formula is C23H29ClN5O7P. The lowest BCUT2D eigenvalue weighted by Crippen LogP contribution is -2.38. The van der Waals surface area contributed by atoms with Crippen molar-refractivity contribution in [2.75, 3.05) is 38.3 Å². The van der Waals surface area contributed by atoms with Gasteiger partial charge in [-0.1, -0.05) is 11.6 Å². The van der Waals surface area contributed by atoms with Gasteiger partial charge < -0.3 is 24.3 Å². The minimum Gasteiger partial charge on any atom is -0.394 e. The van der Waals surface area contributed by atoms with Gasteiger partial charge in [0.1, 0.15) is 5.69 Å². The third kappa shape index (κ3) is 8.31. The number of hydrogen-bond acceptors (Lipinski definition) is 9. The van der Waals surface area contributed by atoms with Crippen LogP contribution in [0.2, 0.25) is 5.02 Å². The van der Waals surface area contributed by atoms with Gasteiger partial charge in [0, 0.05) is 51.0 Å². The van der Waals surface area contributed by atoms with Gasteiger partial charge in [-0.25, -0.2) is 0 Å². The van der Waals surface area contributed by atoms with E-state index < -0.39 is 24.7 Å². The van der Waals surface area contributed by atoms with Gasteiger partial charge in [-0.3, -0.25) is 19.5 Å². The van der Waals surface area contributed by atoms with E-state index in [-0.39, 0.29) is 36.2 Å². The molecule has 0 aliphatic carbocycles. The normalized spacial score (nSPS) is 19.2. The molecular weight excluding hydrogens is 525 g/mol. The topological polar surface area (TPSA) is 158 Å². The predicted molar refractivity (Wildman–Crippen MR) is 139 cm³/mol. The Morgan fingerprint density at radius 2 is 2.00 bits per heavy atom. The Labute approximate surface area is 219 Å². The number of aliphatic hydroxyl groups excluding tert-OH is 1. The lowest BCUT2D eigenvalue weighted by molar-refractivity contribution is -0.384. The van der Waals surface area contributed by atoms with Crippen LogP contribution in [0.5, 0.6) is 0 Å². The van der Waals surface area contributed by atoms with Crippen molar-refractivity contribution in [2.24, 2.45) is 10.2 Å². The number of rotatable bonds is 11. The van der Waals surface area contributed by atoms with Gasteiger partial charge in [-0.15, -0.1) is 5.11 Å². The fourth-order valence-electron chi connectivity index (χ4n) is 4.02. The van der Waals surface area contributed by atoms with Gasteiger partial charge in [0.25, 0.3) is 5.69 Å². The Bertz CT molecular complexity index is 1190. The highest BCUT2D eigenvalue weighted by Crippen LogP contribution is 2.41. The summed E-state index contributed by atoms with van der Waals surface area (Å²) in [5.74, 6) is -0.136. The minimum atomic E-state index is -3.68. The van der Waals surface area contributed by atoms with Crippen LogP contribution in [0.15, 0.2) is 52.7 Å². The van der Waals surface area contributed by atoms with Crippen LogP contribution in [0.1, 0.15) is 19.3 Å². The van der Waals surface area contributed by atoms with E-state index in [0.29, 0.717) is 30.8 Å². The molecule has 3 atom stereocenters. The van der Waals surface area contributed by atoms with Crippen molar-refractivity contribution in [3.8, 4) is 0 Å². The van der Waals surface area contributed by atoms with Crippen LogP contribution in [0.3, 0.4) is 0 Å². The predicted octanol–water partition coefficient (Wildman–Crippen LogP) is 4.67. The van der Waals surface area contributed by atoms with E-state index >= 15 is 0 Å². The largest absolute Gasteiger partial charge is 0.394 e. The van der Waals surface area contributed by atoms with Crippen molar-refractivity contribution in [1.82, 2.24) is 4.90 Å². The highest BCUT2D eigenvalue weighted by atomic mass is 35.5. The summed E-state index contributed by atoms with van der Waals surface area (Å²) in [5, 5.41) is 28.7. The summed E-state index contributed by atoms with van der Waals surface area (Å²) in [6, 6.07) is 10.8. The zero-order valence-electron chi connectivity index (χ0n) is 20.4. The van der Waals surface area contributed by atoms with Crippen LogP contribution < -0.4 is 4.90 Å². The SMILES string of the molecule is CN(CCCC(=O)N1CC(OP(C)(=O)O)CC1CO)c1ccc(/N=N/c2ccc([N+](=O)[O-])cc2Cl)cc1. The minimum absolute atomic E-state index is 0.125. The van der Waals surface area contributed by atoms with Gasteiger partial charge in [0.05, 0.1) is 34.4 Å². The first-order valence-electron chi connectivity index (χ1n) is 11.5. The van der Waals surface area contributed by atoms with Crippen LogP contribution in [0, 0.1) is 10.1 Å². The smallest absolute Gasteiger partial charge is 0.325 e. The Balaban J connectivity index is 1.50. The molecule has 0 bridgehead atoms. The number of carbonyl (C=O) groups excluding carboxylic acids is 1. The van der Waals surface area contributed by atoms with Crippen LogP contribution in [0.25, 0.3) is 0 Å². The maximum Gasteiger partial charge on any atom is 0.325 e. The quantitative estimate of drug-likeness (QED) is 0.176. The molecule has 0 spiro atoms. The average Bonchev–Trinajstić information content (AvgIpc) is 3.24. The number of benzene rings is 2. The van der Waals surface area contributed by atoms with E-state index in [1.165, 1.54) is 23.1 Å². The molecule has 200 valence electrons. The Kier molecular flexibility index (Phi) is 9.74. The molecule has 3 unspecified atom stereocenters. The molecule has 37 heavy (non-hydrogen) atoms. The molecule has 0 aromatic heterocycles. The summed E-state index contributed by atoms with van der Waals surface area (Å²) in [6.07, 6.45) is 0.582. The van der Waals surface area contributed by atoms with Gasteiger partial charge in [0.15, 0.2) is 0 Å². The van der Waals surface area contributed by atoms with Crippen molar-refractivity contribution < 1.29 is 28.8 Å². The summed E-state index contributed by atoms with van der Waals surface area (Å²) in [6.45, 7) is 1.65. The number of nitrogens with zero attached hydrogens (tertiary/aromatic N) is 5. The third-order valence-corrected chi connectivity index (χ3v) is 6.83. The molecule has 1 fully saturated rings. The first kappa shape index (κ1) is 28.7. The maximum atomic E-state index is 12.7. The second-order valence-corrected chi connectivity index (χ2v) is 11.0. The number of aliphatic hydroxyl groups is 1. The second kappa shape index (κ2) is 12.6. The van der Waals surface area contributed by atoms with E-state index in [9.17, 15) is 29.5 Å². The average molecular weight is 554 g/mol. The summed E-state index contributed by atoms with van der Waals surface area (Å²) in [7, 11) is -1.78. The zero-order valence-corrected chi connectivity index (χ0v) is 22.1. The number of hydrogen-bond donors (Lipinski definition) is 2. The third-order valence-electron chi connectivity index (χ3n) is 5.84. The standard InChI is InChI=1S/C23H29ClN5O7P/c1-27(11-3-4-23(31)28-14-20(12-19(28)15-30)36-37(2,34)35)17-7-5-16(6-8-17)25-26-22-10-9-18(29(32)33)13-21(22)24/h5-10,13,19-20,30H,3-4,11-12,14-15H2,1-2H3,(H,34,35)/b26-25+. The molecule has 1 amide bonds. The molecule has 1 aliphatic rings. The van der Waals surface area contributed by atoms with Crippen molar-refractivity contribution in [3.05, 3.63) is 57.6 Å². The fraction of sp³-hybridized carbons (Fsp3) is 0.435. The van der Waals surface area contributed by atoms with Crippen LogP contribution in [0.4, 0.5) is 22.7 Å². The number of carbonyl (C=O) groups is 1. The maximum absolute atomic E-state index is 12.7. The van der Waals surface area contributed by atoms with Crippen molar-refractivity contribution >= 4 is 47.9 Å². The molecule has 1 heterocycles. The molecule has 2 aromatic carbocycles. The van der Waals surface area contributed by atoms with Gasteiger partial charge in [0.2, 0.25) is 5.91 Å². The molecule has 14 heteroatoms. The Morgan fingerprint density at radius 3 is 2.59 bits per heavy atom. The number of azo groups is 1. The number of nitro groups is 1. The summed E-state index contributed by atoms with van der Waals surface area (Å²) >= 11 is 6.04. The van der Waals surface area contributed by atoms with Crippen molar-refractivity contribution in [1.29, 1.82) is 0 Å². The van der Waals surface area contributed by atoms with Crippen LogP contribution in [-0.4, -0.2) is 71.3 Å². The number of non-ortho nitro benzene ring substituents is 1. The van der Waals surface area contributed by atoms with Crippen LogP contribution in [-0.2, 0) is 13.9 Å². The highest BCUT2D eigenvalue weighted by Gasteiger charge is 2.37. The van der Waals surface area contributed by atoms with E-state index in [1.807, 2.05) is 24.1 Å². The highest BCUT2D eigenvalue weighted by molar-refractivity contribution is 7.51. The number of halogens is 1. The summed E-state index contributed by atoms with van der Waals surface area (Å²) < 4.78 is 16.7. The lowest BCUT2D eigenvalue weighted by Gasteiger charge is -2.24. The fourth-order valence-corrected chi connectivity index (χ4v) is 4.94. The van der Waals surface area contributed by atoms with Gasteiger partial charge in [-0.2, -0.15) is 5.11 Å². The molecule has 1 aliphatic heterocycles. The monoisotopic (exact) mass is 553 g/mol. The number of anilines is 1. The number of amides is 1. The van der Waals surface area contributed by atoms with E-state index in [0.717, 1.165) is 12.4 Å². The molecule has 2 N–H and O–H groups in total. The molecule has 0 saturated carbocycles. The van der Waals surface area contributed by atoms with Crippen LogP contribution >= 0.6 is 19.2 Å². The molecule has 2 aromatic rings. The van der Waals surface area contributed by atoms with E-state index in [1.54, 1.807) is 12.1 Å². The number of likely N-dealkylation sites (tertiary alicyclic amines) is 1. The number of nitro benzene ring substituents is 1. The van der Waals surface area contributed by atoms with Gasteiger partial charge in [-0.05, 0) is 43.2 Å². The Morgan fingerprint density at radius 1 is 1.30 bits per heavy atom. The first-order valence-corrected chi connectivity index (χ1v) is 13.9. The molecule has 1 saturated heterocycles. The zero-order chi connectivity index (χ0) is 27.2. The van der Waals surface area contributed by atoms with Gasteiger partial charge >= 0.3 is 7.60 Å². The van der Waals surface area contributed by atoms with Crippen molar-refractivity contribution in [3.63, 3.8) is 0 Å². The molecule has 12 nitrogen and oxygen atoms in total. The first-order chi connectivity index (χ1) is 17.5. The second-order valence-electron chi connectivity index (χ2n) is 8.78. The molecule has 0 radical (unpaired) electrons. The molecule has 3 rings (SSSR count). The van der Waals surface area contributed by atoms with E-state index in [2.05, 4.69) is 10.2 Å². The summed E-state index contributed by atoms with van der Waals surface area (Å²) in [5.41, 5.74) is 1.67. The van der Waals surface area contributed by atoms with E-state index in [4.69, 9.17) is 16.1 Å². The lowest BCUT2D eigenvalue weighted by atomic mass is 10.2. The summed E-state index contributed by atoms with van der Waals surface area (Å²) in [4.78, 5) is 35.9. The Hall–Kier alpha value is -2.89.